The molecule has 1 saturated carbocycles. The minimum Gasteiger partial charge on any atom is -0.347 e. The standard InChI is InChI=1S/C13H23N3O2S2/c1-15(2)12(17)19-11-14-20-13(16(11)3)18-9-10-7-5-4-6-8-10/h10,13H,4-9H2,1-3H3. The largest absolute Gasteiger partial charge is 0.347 e. The van der Waals surface area contributed by atoms with E-state index in [-0.39, 0.29) is 10.8 Å². The highest BCUT2D eigenvalue weighted by atomic mass is 32.2. The molecule has 0 N–H and O–H groups in total. The van der Waals surface area contributed by atoms with Gasteiger partial charge in [-0.3, -0.25) is 4.79 Å². The van der Waals surface area contributed by atoms with Crippen molar-refractivity contribution in [3.05, 3.63) is 0 Å². The van der Waals surface area contributed by atoms with Gasteiger partial charge in [-0.1, -0.05) is 19.3 Å². The van der Waals surface area contributed by atoms with E-state index in [0.29, 0.717) is 5.92 Å². The molecule has 20 heavy (non-hydrogen) atoms. The molecule has 1 heterocycles. The molecule has 1 fully saturated rings. The fourth-order valence-corrected chi connectivity index (χ4v) is 3.90. The van der Waals surface area contributed by atoms with Gasteiger partial charge < -0.3 is 14.5 Å². The molecule has 1 atom stereocenters. The van der Waals surface area contributed by atoms with Gasteiger partial charge >= 0.3 is 0 Å². The third kappa shape index (κ3) is 4.30. The Morgan fingerprint density at radius 3 is 2.80 bits per heavy atom. The Morgan fingerprint density at radius 2 is 2.15 bits per heavy atom. The molecule has 2 aliphatic rings. The quantitative estimate of drug-likeness (QED) is 0.748. The van der Waals surface area contributed by atoms with E-state index in [2.05, 4.69) is 4.40 Å². The molecule has 1 aliphatic carbocycles. The second-order valence-corrected chi connectivity index (χ2v) is 7.21. The minimum absolute atomic E-state index is 0.0101. The molecule has 0 radical (unpaired) electrons. The fourth-order valence-electron chi connectivity index (χ4n) is 2.29. The van der Waals surface area contributed by atoms with Crippen molar-refractivity contribution in [3.8, 4) is 0 Å². The molecule has 7 heteroatoms. The van der Waals surface area contributed by atoms with Crippen molar-refractivity contribution in [1.82, 2.24) is 9.80 Å². The van der Waals surface area contributed by atoms with Gasteiger partial charge in [-0.2, -0.15) is 4.40 Å². The van der Waals surface area contributed by atoms with Crippen molar-refractivity contribution in [2.24, 2.45) is 10.3 Å². The van der Waals surface area contributed by atoms with Gasteiger partial charge in [0.2, 0.25) is 5.56 Å². The molecule has 0 saturated heterocycles. The minimum atomic E-state index is -0.0885. The summed E-state index contributed by atoms with van der Waals surface area (Å²) in [5.41, 5.74) is -0.0885. The smallest absolute Gasteiger partial charge is 0.288 e. The third-order valence-electron chi connectivity index (χ3n) is 3.58. The molecule has 0 bridgehead atoms. The number of amides is 1. The number of hydrogen-bond acceptors (Lipinski definition) is 6. The van der Waals surface area contributed by atoms with Gasteiger partial charge in [0, 0.05) is 44.9 Å². The summed E-state index contributed by atoms with van der Waals surface area (Å²) in [6.07, 6.45) is 6.59. The van der Waals surface area contributed by atoms with Crippen LogP contribution in [0.4, 0.5) is 4.79 Å². The lowest BCUT2D eigenvalue weighted by Gasteiger charge is -2.26. The van der Waals surface area contributed by atoms with Crippen LogP contribution in [0.5, 0.6) is 0 Å². The Bertz CT molecular complexity index is 371. The SMILES string of the molecule is CN(C)C(=O)SC1=NSC(OCC2CCCCC2)N1C. The second kappa shape index (κ2) is 7.56. The van der Waals surface area contributed by atoms with Crippen LogP contribution in [-0.2, 0) is 4.74 Å². The van der Waals surface area contributed by atoms with E-state index >= 15 is 0 Å². The first-order valence-corrected chi connectivity index (χ1v) is 8.70. The summed E-state index contributed by atoms with van der Waals surface area (Å²) in [5, 5.41) is 0.714. The molecule has 2 rings (SSSR count). The van der Waals surface area contributed by atoms with Crippen LogP contribution >= 0.6 is 23.7 Å². The fraction of sp³-hybridized carbons (Fsp3) is 0.846. The topological polar surface area (TPSA) is 45.1 Å². The Kier molecular flexibility index (Phi) is 6.04. The molecule has 1 unspecified atom stereocenters. The summed E-state index contributed by atoms with van der Waals surface area (Å²) < 4.78 is 10.3. The van der Waals surface area contributed by atoms with Crippen LogP contribution in [0.2, 0.25) is 0 Å². The molecule has 0 aromatic rings. The van der Waals surface area contributed by atoms with E-state index in [1.807, 2.05) is 11.9 Å². The number of nitrogens with zero attached hydrogens (tertiary/aromatic N) is 3. The average molecular weight is 317 g/mol. The molecule has 1 amide bonds. The Hall–Kier alpha value is -0.400. The Labute approximate surface area is 129 Å². The molecule has 114 valence electrons. The van der Waals surface area contributed by atoms with E-state index in [1.165, 1.54) is 44.1 Å². The second-order valence-electron chi connectivity index (χ2n) is 5.50. The van der Waals surface area contributed by atoms with E-state index < -0.39 is 0 Å². The van der Waals surface area contributed by atoms with Gasteiger partial charge in [0.05, 0.1) is 6.61 Å². The van der Waals surface area contributed by atoms with Gasteiger partial charge in [0.25, 0.3) is 5.24 Å². The molecule has 0 aromatic carbocycles. The molecule has 5 nitrogen and oxygen atoms in total. The van der Waals surface area contributed by atoms with E-state index in [4.69, 9.17) is 4.74 Å². The van der Waals surface area contributed by atoms with Crippen molar-refractivity contribution >= 4 is 34.1 Å². The first kappa shape index (κ1) is 16.0. The molecule has 0 aromatic heterocycles. The summed E-state index contributed by atoms with van der Waals surface area (Å²) in [5.74, 6) is 0.692. The maximum absolute atomic E-state index is 11.7. The molecular formula is C13H23N3O2S2. The normalized spacial score (nSPS) is 23.9. The lowest BCUT2D eigenvalue weighted by Crippen LogP contribution is -2.33. The highest BCUT2D eigenvalue weighted by Crippen LogP contribution is 2.32. The van der Waals surface area contributed by atoms with Crippen LogP contribution in [0, 0.1) is 5.92 Å². The Balaban J connectivity index is 1.74. The van der Waals surface area contributed by atoms with Gasteiger partial charge in [0.15, 0.2) is 5.17 Å². The number of thioether (sulfide) groups is 1. The number of ether oxygens (including phenoxy) is 1. The van der Waals surface area contributed by atoms with Crippen LogP contribution in [0.3, 0.4) is 0 Å². The predicted molar refractivity (Wildman–Crippen MR) is 85.8 cm³/mol. The average Bonchev–Trinajstić information content (AvgIpc) is 2.78. The number of hydrogen-bond donors (Lipinski definition) is 0. The van der Waals surface area contributed by atoms with Gasteiger partial charge in [-0.15, -0.1) is 0 Å². The molecular weight excluding hydrogens is 294 g/mol. The summed E-state index contributed by atoms with van der Waals surface area (Å²) in [6.45, 7) is 0.803. The van der Waals surface area contributed by atoms with Crippen LogP contribution in [-0.4, -0.2) is 53.5 Å². The van der Waals surface area contributed by atoms with E-state index in [0.717, 1.165) is 23.5 Å². The van der Waals surface area contributed by atoms with E-state index in [9.17, 15) is 4.79 Å². The predicted octanol–water partition coefficient (Wildman–Crippen LogP) is 3.23. The lowest BCUT2D eigenvalue weighted by molar-refractivity contribution is 0.0212. The number of carbonyl (C=O) groups is 1. The van der Waals surface area contributed by atoms with Crippen molar-refractivity contribution in [3.63, 3.8) is 0 Å². The highest BCUT2D eigenvalue weighted by Gasteiger charge is 2.29. The maximum Gasteiger partial charge on any atom is 0.288 e. The Morgan fingerprint density at radius 1 is 1.45 bits per heavy atom. The van der Waals surface area contributed by atoms with Crippen molar-refractivity contribution in [1.29, 1.82) is 0 Å². The van der Waals surface area contributed by atoms with Crippen LogP contribution in [0.25, 0.3) is 0 Å². The lowest BCUT2D eigenvalue weighted by atomic mass is 9.90. The first-order chi connectivity index (χ1) is 9.58. The van der Waals surface area contributed by atoms with Gasteiger partial charge in [-0.25, -0.2) is 0 Å². The monoisotopic (exact) mass is 317 g/mol. The maximum atomic E-state index is 11.7. The van der Waals surface area contributed by atoms with E-state index in [1.54, 1.807) is 19.0 Å². The van der Waals surface area contributed by atoms with Crippen LogP contribution < -0.4 is 0 Å². The zero-order valence-electron chi connectivity index (χ0n) is 12.4. The van der Waals surface area contributed by atoms with Crippen molar-refractivity contribution in [2.75, 3.05) is 27.7 Å². The van der Waals surface area contributed by atoms with Gasteiger partial charge in [0.1, 0.15) is 0 Å². The zero-order valence-corrected chi connectivity index (χ0v) is 14.0. The zero-order chi connectivity index (χ0) is 14.5. The third-order valence-corrected chi connectivity index (χ3v) is 5.71. The van der Waals surface area contributed by atoms with Crippen molar-refractivity contribution in [2.45, 2.75) is 37.7 Å². The summed E-state index contributed by atoms with van der Waals surface area (Å²) >= 11 is 2.55. The number of amidine groups is 1. The number of rotatable bonds is 3. The summed E-state index contributed by atoms with van der Waals surface area (Å²) in [4.78, 5) is 15.2. The highest BCUT2D eigenvalue weighted by molar-refractivity contribution is 8.26. The van der Waals surface area contributed by atoms with Crippen LogP contribution in [0.15, 0.2) is 4.40 Å². The first-order valence-electron chi connectivity index (χ1n) is 7.05. The van der Waals surface area contributed by atoms with Crippen LogP contribution in [0.1, 0.15) is 32.1 Å². The summed E-state index contributed by atoms with van der Waals surface area (Å²) in [7, 11) is 5.42. The summed E-state index contributed by atoms with van der Waals surface area (Å²) in [6, 6.07) is 0. The van der Waals surface area contributed by atoms with Crippen molar-refractivity contribution < 1.29 is 9.53 Å². The molecule has 1 aliphatic heterocycles. The molecule has 0 spiro atoms. The number of carbonyl (C=O) groups excluding carboxylic acids is 1. The van der Waals surface area contributed by atoms with Gasteiger partial charge in [-0.05, 0) is 18.8 Å².